The van der Waals surface area contributed by atoms with E-state index in [0.29, 0.717) is 11.1 Å². The van der Waals surface area contributed by atoms with Gasteiger partial charge in [-0.15, -0.1) is 0 Å². The van der Waals surface area contributed by atoms with Crippen LogP contribution in [0.3, 0.4) is 0 Å². The standard InChI is InChI=1S/C14H16ClN3O2/c15-12-9-11(17-13-3-6-16-18(12)13)10-1-4-14(5-2-10)19-7-8-20-14/h3,6,9-10H,1-2,4-5,7-8H2. The number of halogens is 1. The van der Waals surface area contributed by atoms with Crippen LogP contribution in [-0.4, -0.2) is 33.6 Å². The minimum Gasteiger partial charge on any atom is -0.348 e. The summed E-state index contributed by atoms with van der Waals surface area (Å²) in [7, 11) is 0. The summed E-state index contributed by atoms with van der Waals surface area (Å²) in [6, 6.07) is 3.81. The lowest BCUT2D eigenvalue weighted by Gasteiger charge is -2.35. The second-order valence-corrected chi connectivity index (χ2v) is 5.87. The third kappa shape index (κ3) is 2.01. The van der Waals surface area contributed by atoms with Crippen molar-refractivity contribution in [1.29, 1.82) is 0 Å². The first kappa shape index (κ1) is 12.6. The summed E-state index contributed by atoms with van der Waals surface area (Å²) in [5.41, 5.74) is 1.86. The maximum Gasteiger partial charge on any atom is 0.168 e. The number of hydrogen-bond donors (Lipinski definition) is 0. The molecule has 6 heteroatoms. The van der Waals surface area contributed by atoms with Crippen molar-refractivity contribution in [2.45, 2.75) is 37.4 Å². The zero-order chi connectivity index (χ0) is 13.6. The van der Waals surface area contributed by atoms with Crippen LogP contribution in [0.25, 0.3) is 5.65 Å². The molecule has 0 N–H and O–H groups in total. The molecular formula is C14H16ClN3O2. The van der Waals surface area contributed by atoms with Crippen molar-refractivity contribution in [2.24, 2.45) is 0 Å². The van der Waals surface area contributed by atoms with Gasteiger partial charge >= 0.3 is 0 Å². The Kier molecular flexibility index (Phi) is 2.94. The lowest BCUT2D eigenvalue weighted by molar-refractivity contribution is -0.178. The van der Waals surface area contributed by atoms with Gasteiger partial charge < -0.3 is 9.47 Å². The van der Waals surface area contributed by atoms with Gasteiger partial charge in [0, 0.05) is 30.5 Å². The second kappa shape index (κ2) is 4.69. The molecule has 1 aliphatic heterocycles. The van der Waals surface area contributed by atoms with E-state index >= 15 is 0 Å². The smallest absolute Gasteiger partial charge is 0.168 e. The normalized spacial score (nSPS) is 22.9. The predicted octanol–water partition coefficient (Wildman–Crippen LogP) is 2.78. The van der Waals surface area contributed by atoms with Crippen LogP contribution in [0, 0.1) is 0 Å². The van der Waals surface area contributed by atoms with Gasteiger partial charge in [-0.1, -0.05) is 11.6 Å². The van der Waals surface area contributed by atoms with Crippen LogP contribution in [0.15, 0.2) is 18.3 Å². The minimum absolute atomic E-state index is 0.318. The molecule has 0 atom stereocenters. The molecule has 3 heterocycles. The molecule has 2 fully saturated rings. The summed E-state index contributed by atoms with van der Waals surface area (Å²) in [4.78, 5) is 4.67. The van der Waals surface area contributed by atoms with Crippen molar-refractivity contribution in [3.8, 4) is 0 Å². The molecule has 20 heavy (non-hydrogen) atoms. The third-order valence-electron chi connectivity index (χ3n) is 4.31. The molecule has 2 aromatic rings. The fourth-order valence-corrected chi connectivity index (χ4v) is 3.48. The molecule has 0 unspecified atom stereocenters. The Morgan fingerprint density at radius 2 is 2.00 bits per heavy atom. The molecule has 0 aromatic carbocycles. The lowest BCUT2D eigenvalue weighted by Crippen LogP contribution is -2.34. The van der Waals surface area contributed by atoms with E-state index in [2.05, 4.69) is 10.1 Å². The van der Waals surface area contributed by atoms with Gasteiger partial charge in [-0.2, -0.15) is 5.10 Å². The molecule has 1 aliphatic carbocycles. The van der Waals surface area contributed by atoms with E-state index in [1.165, 1.54) is 0 Å². The first-order valence-electron chi connectivity index (χ1n) is 7.04. The summed E-state index contributed by atoms with van der Waals surface area (Å²) in [5, 5.41) is 4.76. The van der Waals surface area contributed by atoms with E-state index in [9.17, 15) is 0 Å². The number of nitrogens with zero attached hydrogens (tertiary/aromatic N) is 3. The van der Waals surface area contributed by atoms with E-state index in [0.717, 1.165) is 50.2 Å². The summed E-state index contributed by atoms with van der Waals surface area (Å²) in [6.07, 6.45) is 5.62. The van der Waals surface area contributed by atoms with Gasteiger partial charge in [0.1, 0.15) is 5.15 Å². The molecule has 1 spiro atoms. The largest absolute Gasteiger partial charge is 0.348 e. The summed E-state index contributed by atoms with van der Waals surface area (Å²) in [5.74, 6) is 0.104. The van der Waals surface area contributed by atoms with Crippen LogP contribution in [0.4, 0.5) is 0 Å². The highest BCUT2D eigenvalue weighted by Gasteiger charge is 2.40. The first-order chi connectivity index (χ1) is 9.76. The summed E-state index contributed by atoms with van der Waals surface area (Å²) < 4.78 is 13.2. The van der Waals surface area contributed by atoms with Gasteiger partial charge in [-0.25, -0.2) is 9.50 Å². The topological polar surface area (TPSA) is 48.7 Å². The quantitative estimate of drug-likeness (QED) is 0.759. The fourth-order valence-electron chi connectivity index (χ4n) is 3.24. The van der Waals surface area contributed by atoms with E-state index in [-0.39, 0.29) is 5.79 Å². The van der Waals surface area contributed by atoms with Gasteiger partial charge in [0.25, 0.3) is 0 Å². The average Bonchev–Trinajstić information content (AvgIpc) is 3.09. The van der Waals surface area contributed by atoms with Crippen molar-refractivity contribution < 1.29 is 9.47 Å². The zero-order valence-corrected chi connectivity index (χ0v) is 11.8. The molecular weight excluding hydrogens is 278 g/mol. The molecule has 1 saturated heterocycles. The highest BCUT2D eigenvalue weighted by molar-refractivity contribution is 6.29. The van der Waals surface area contributed by atoms with Crippen molar-refractivity contribution in [2.75, 3.05) is 13.2 Å². The van der Waals surface area contributed by atoms with Crippen LogP contribution in [-0.2, 0) is 9.47 Å². The molecule has 5 nitrogen and oxygen atoms in total. The Balaban J connectivity index is 1.58. The SMILES string of the molecule is Clc1cc(C2CCC3(CC2)OCCO3)nc2ccnn12. The molecule has 0 bridgehead atoms. The Morgan fingerprint density at radius 3 is 2.75 bits per heavy atom. The van der Waals surface area contributed by atoms with Crippen LogP contribution < -0.4 is 0 Å². The molecule has 0 radical (unpaired) electrons. The monoisotopic (exact) mass is 293 g/mol. The summed E-state index contributed by atoms with van der Waals surface area (Å²) in [6.45, 7) is 1.44. The van der Waals surface area contributed by atoms with Crippen molar-refractivity contribution in [3.05, 3.63) is 29.2 Å². The average molecular weight is 294 g/mol. The fraction of sp³-hybridized carbons (Fsp3) is 0.571. The molecule has 4 rings (SSSR count). The number of fused-ring (bicyclic) bond motifs is 1. The van der Waals surface area contributed by atoms with E-state index in [4.69, 9.17) is 21.1 Å². The van der Waals surface area contributed by atoms with Gasteiger partial charge in [-0.05, 0) is 18.9 Å². The van der Waals surface area contributed by atoms with Crippen LogP contribution in [0.1, 0.15) is 37.3 Å². The first-order valence-corrected chi connectivity index (χ1v) is 7.42. The zero-order valence-electron chi connectivity index (χ0n) is 11.1. The Bertz CT molecular complexity index is 626. The Labute approximate surface area is 121 Å². The van der Waals surface area contributed by atoms with Crippen molar-refractivity contribution in [3.63, 3.8) is 0 Å². The Hall–Kier alpha value is -1.17. The van der Waals surface area contributed by atoms with Gasteiger partial charge in [0.2, 0.25) is 0 Å². The number of rotatable bonds is 1. The molecule has 2 aliphatic rings. The van der Waals surface area contributed by atoms with Gasteiger partial charge in [0.15, 0.2) is 11.4 Å². The number of aromatic nitrogens is 3. The lowest BCUT2D eigenvalue weighted by atomic mass is 9.83. The van der Waals surface area contributed by atoms with E-state index < -0.39 is 0 Å². The van der Waals surface area contributed by atoms with Crippen molar-refractivity contribution >= 4 is 17.2 Å². The van der Waals surface area contributed by atoms with Gasteiger partial charge in [-0.3, -0.25) is 0 Å². The van der Waals surface area contributed by atoms with Crippen LogP contribution in [0.2, 0.25) is 5.15 Å². The predicted molar refractivity (Wildman–Crippen MR) is 73.8 cm³/mol. The highest BCUT2D eigenvalue weighted by Crippen LogP contribution is 2.42. The third-order valence-corrected chi connectivity index (χ3v) is 4.58. The molecule has 106 valence electrons. The molecule has 2 aromatic heterocycles. The molecule has 0 amide bonds. The molecule has 1 saturated carbocycles. The van der Waals surface area contributed by atoms with E-state index in [1.54, 1.807) is 10.7 Å². The highest BCUT2D eigenvalue weighted by atomic mass is 35.5. The second-order valence-electron chi connectivity index (χ2n) is 5.49. The van der Waals surface area contributed by atoms with Crippen LogP contribution in [0.5, 0.6) is 0 Å². The van der Waals surface area contributed by atoms with E-state index in [1.807, 2.05) is 12.1 Å². The number of ether oxygens (including phenoxy) is 2. The minimum atomic E-state index is -0.318. The Morgan fingerprint density at radius 1 is 1.25 bits per heavy atom. The summed E-state index contributed by atoms with van der Waals surface area (Å²) >= 11 is 6.25. The van der Waals surface area contributed by atoms with Gasteiger partial charge in [0.05, 0.1) is 19.4 Å². The van der Waals surface area contributed by atoms with Crippen molar-refractivity contribution in [1.82, 2.24) is 14.6 Å². The maximum absolute atomic E-state index is 6.25. The van der Waals surface area contributed by atoms with Crippen LogP contribution >= 0.6 is 11.6 Å². The number of hydrogen-bond acceptors (Lipinski definition) is 4. The maximum atomic E-state index is 6.25.